The Morgan fingerprint density at radius 3 is 1.90 bits per heavy atom. The summed E-state index contributed by atoms with van der Waals surface area (Å²) in [7, 11) is -4.17. The van der Waals surface area contributed by atoms with Crippen molar-refractivity contribution >= 4 is 16.3 Å². The van der Waals surface area contributed by atoms with E-state index in [-0.39, 0.29) is 12.5 Å². The van der Waals surface area contributed by atoms with Crippen molar-refractivity contribution in [1.82, 2.24) is 10.4 Å². The van der Waals surface area contributed by atoms with E-state index in [9.17, 15) is 13.2 Å². The maximum absolute atomic E-state index is 11.7. The highest BCUT2D eigenvalue weighted by Gasteiger charge is 2.12. The summed E-state index contributed by atoms with van der Waals surface area (Å²) in [4.78, 5) is 11.7. The third kappa shape index (κ3) is 10.9. The molecule has 0 aromatic carbocycles. The first-order valence-electron chi connectivity index (χ1n) is 6.41. The molecule has 0 fully saturated rings. The van der Waals surface area contributed by atoms with Gasteiger partial charge in [-0.05, 0) is 34.6 Å². The van der Waals surface area contributed by atoms with Crippen molar-refractivity contribution in [2.24, 2.45) is 0 Å². The van der Waals surface area contributed by atoms with Crippen molar-refractivity contribution in [3.63, 3.8) is 0 Å². The quantitative estimate of drug-likeness (QED) is 0.439. The summed E-state index contributed by atoms with van der Waals surface area (Å²) in [6.45, 7) is 12.6. The van der Waals surface area contributed by atoms with Crippen LogP contribution in [-0.2, 0) is 19.4 Å². The Morgan fingerprint density at radius 1 is 1.20 bits per heavy atom. The second-order valence-corrected chi connectivity index (χ2v) is 5.11. The van der Waals surface area contributed by atoms with Crippen LogP contribution in [-0.4, -0.2) is 43.6 Å². The summed E-state index contributed by atoms with van der Waals surface area (Å²) in [6, 6.07) is 0. The Bertz CT molecular complexity index is 414. The average molecular weight is 310 g/mol. The Balaban J connectivity index is 0. The minimum Gasteiger partial charge on any atom is -0.275 e. The number of likely N-dealkylation sites (N-methyl/N-ethyl adjacent to an activating group) is 1. The summed E-state index contributed by atoms with van der Waals surface area (Å²) in [5, 5.41) is 1.64. The SMILES string of the molecule is CCNN(CC)C(=O)C(C)=C(C)C.CCOS(=O)(=O)O. The van der Waals surface area contributed by atoms with Crippen molar-refractivity contribution in [2.45, 2.75) is 41.5 Å². The van der Waals surface area contributed by atoms with E-state index in [0.717, 1.165) is 17.7 Å². The zero-order chi connectivity index (χ0) is 16.3. The second-order valence-electron chi connectivity index (χ2n) is 4.02. The number of carbonyl (C=O) groups excluding carboxylic acids is 1. The van der Waals surface area contributed by atoms with E-state index in [1.54, 1.807) is 5.01 Å². The Labute approximate surface area is 121 Å². The molecule has 0 aliphatic heterocycles. The first-order valence-corrected chi connectivity index (χ1v) is 7.78. The standard InChI is InChI=1S/C10H20N2O.C2H6O4S/c1-6-11-12(7-2)10(13)9(5)8(3)4;1-2-6-7(3,4)5/h11H,6-7H2,1-5H3;2H2,1H3,(H,3,4,5). The van der Waals surface area contributed by atoms with E-state index in [0.29, 0.717) is 6.54 Å². The molecule has 0 aromatic rings. The molecule has 0 atom stereocenters. The van der Waals surface area contributed by atoms with Gasteiger partial charge in [-0.2, -0.15) is 8.42 Å². The van der Waals surface area contributed by atoms with Crippen LogP contribution in [0.3, 0.4) is 0 Å². The van der Waals surface area contributed by atoms with Crippen molar-refractivity contribution in [2.75, 3.05) is 19.7 Å². The van der Waals surface area contributed by atoms with Crippen molar-refractivity contribution in [1.29, 1.82) is 0 Å². The van der Waals surface area contributed by atoms with Crippen LogP contribution in [0.4, 0.5) is 0 Å². The fourth-order valence-electron chi connectivity index (χ4n) is 1.08. The van der Waals surface area contributed by atoms with Gasteiger partial charge in [0.1, 0.15) is 0 Å². The van der Waals surface area contributed by atoms with Gasteiger partial charge in [-0.3, -0.25) is 14.4 Å². The lowest BCUT2D eigenvalue weighted by molar-refractivity contribution is -0.129. The Hall–Kier alpha value is -0.960. The first kappa shape index (κ1) is 21.3. The molecule has 7 nitrogen and oxygen atoms in total. The van der Waals surface area contributed by atoms with Gasteiger partial charge in [0, 0.05) is 18.7 Å². The van der Waals surface area contributed by atoms with Gasteiger partial charge in [0.15, 0.2) is 0 Å². The molecule has 8 heteroatoms. The van der Waals surface area contributed by atoms with E-state index in [1.807, 2.05) is 34.6 Å². The van der Waals surface area contributed by atoms with Crippen molar-refractivity contribution in [3.8, 4) is 0 Å². The number of hydrogen-bond acceptors (Lipinski definition) is 5. The molecule has 0 unspecified atom stereocenters. The molecule has 120 valence electrons. The van der Waals surface area contributed by atoms with Crippen LogP contribution in [0.5, 0.6) is 0 Å². The molecule has 0 heterocycles. The maximum atomic E-state index is 11.7. The van der Waals surface area contributed by atoms with Crippen molar-refractivity contribution < 1.29 is 21.9 Å². The lowest BCUT2D eigenvalue weighted by Crippen LogP contribution is -2.43. The number of nitrogens with one attached hydrogen (secondary N) is 1. The number of rotatable bonds is 6. The van der Waals surface area contributed by atoms with Crippen LogP contribution in [0.25, 0.3) is 0 Å². The van der Waals surface area contributed by atoms with E-state index in [1.165, 1.54) is 6.92 Å². The number of carbonyl (C=O) groups is 1. The van der Waals surface area contributed by atoms with Crippen LogP contribution in [0.2, 0.25) is 0 Å². The molecule has 0 aliphatic carbocycles. The third-order valence-electron chi connectivity index (χ3n) is 2.25. The number of hydrazine groups is 1. The van der Waals surface area contributed by atoms with Crippen LogP contribution in [0.1, 0.15) is 41.5 Å². The van der Waals surface area contributed by atoms with Crippen LogP contribution in [0, 0.1) is 0 Å². The van der Waals surface area contributed by atoms with Crippen LogP contribution < -0.4 is 5.43 Å². The smallest absolute Gasteiger partial charge is 0.275 e. The average Bonchev–Trinajstić information content (AvgIpc) is 2.33. The number of allylic oxidation sites excluding steroid dienone is 1. The Morgan fingerprint density at radius 2 is 1.70 bits per heavy atom. The largest absolute Gasteiger partial charge is 0.397 e. The first-order chi connectivity index (χ1) is 9.10. The van der Waals surface area contributed by atoms with Gasteiger partial charge in [0.2, 0.25) is 0 Å². The van der Waals surface area contributed by atoms with E-state index in [2.05, 4.69) is 9.61 Å². The van der Waals surface area contributed by atoms with Crippen molar-refractivity contribution in [3.05, 3.63) is 11.1 Å². The highest BCUT2D eigenvalue weighted by atomic mass is 32.3. The summed E-state index contributed by atoms with van der Waals surface area (Å²) in [6.07, 6.45) is 0. The zero-order valence-electron chi connectivity index (χ0n) is 13.1. The van der Waals surface area contributed by atoms with Crippen LogP contribution in [0.15, 0.2) is 11.1 Å². The Kier molecular flexibility index (Phi) is 11.5. The normalized spacial score (nSPS) is 10.3. The summed E-state index contributed by atoms with van der Waals surface area (Å²) >= 11 is 0. The monoisotopic (exact) mass is 310 g/mol. The van der Waals surface area contributed by atoms with Gasteiger partial charge in [0.25, 0.3) is 5.91 Å². The molecule has 20 heavy (non-hydrogen) atoms. The predicted octanol–water partition coefficient (Wildman–Crippen LogP) is 1.54. The van der Waals surface area contributed by atoms with Gasteiger partial charge in [0.05, 0.1) is 6.61 Å². The summed E-state index contributed by atoms with van der Waals surface area (Å²) in [5.41, 5.74) is 4.91. The van der Waals surface area contributed by atoms with Gasteiger partial charge >= 0.3 is 10.4 Å². The lowest BCUT2D eigenvalue weighted by atomic mass is 10.1. The maximum Gasteiger partial charge on any atom is 0.397 e. The molecule has 0 saturated heterocycles. The summed E-state index contributed by atoms with van der Waals surface area (Å²) in [5.74, 6) is 0.0735. The highest BCUT2D eigenvalue weighted by molar-refractivity contribution is 7.80. The zero-order valence-corrected chi connectivity index (χ0v) is 13.9. The molecule has 0 rings (SSSR count). The van der Waals surface area contributed by atoms with E-state index < -0.39 is 10.4 Å². The lowest BCUT2D eigenvalue weighted by Gasteiger charge is -2.21. The molecule has 0 radical (unpaired) electrons. The van der Waals surface area contributed by atoms with Gasteiger partial charge in [-0.15, -0.1) is 0 Å². The molecule has 0 aliphatic rings. The summed E-state index contributed by atoms with van der Waals surface area (Å²) < 4.78 is 30.7. The number of nitrogens with zero attached hydrogens (tertiary/aromatic N) is 1. The highest BCUT2D eigenvalue weighted by Crippen LogP contribution is 2.05. The van der Waals surface area contributed by atoms with E-state index in [4.69, 9.17) is 4.55 Å². The topological polar surface area (TPSA) is 95.9 Å². The number of hydrogen-bond donors (Lipinski definition) is 2. The van der Waals surface area contributed by atoms with Gasteiger partial charge in [-0.25, -0.2) is 9.61 Å². The molecule has 1 amide bonds. The van der Waals surface area contributed by atoms with Gasteiger partial charge < -0.3 is 0 Å². The minimum absolute atomic E-state index is 0.0289. The fraction of sp³-hybridized carbons (Fsp3) is 0.750. The predicted molar refractivity (Wildman–Crippen MR) is 78.3 cm³/mol. The second kappa shape index (κ2) is 10.8. The molecule has 0 spiro atoms. The molecular weight excluding hydrogens is 284 g/mol. The minimum atomic E-state index is -4.17. The number of amides is 1. The van der Waals surface area contributed by atoms with Gasteiger partial charge in [-0.1, -0.05) is 12.5 Å². The third-order valence-corrected chi connectivity index (χ3v) is 2.78. The molecule has 0 saturated carbocycles. The van der Waals surface area contributed by atoms with Crippen LogP contribution >= 0.6 is 0 Å². The molecular formula is C12H26N2O5S. The molecule has 0 bridgehead atoms. The fourth-order valence-corrected chi connectivity index (χ4v) is 1.38. The van der Waals surface area contributed by atoms with E-state index >= 15 is 0 Å². The molecule has 0 aromatic heterocycles. The molecule has 2 N–H and O–H groups in total.